The summed E-state index contributed by atoms with van der Waals surface area (Å²) in [7, 11) is 0. The Balaban J connectivity index is 1.74. The zero-order valence-corrected chi connectivity index (χ0v) is 13.2. The maximum Gasteiger partial charge on any atom is 0.0721 e. The van der Waals surface area contributed by atoms with Gasteiger partial charge in [-0.05, 0) is 55.9 Å². The normalized spacial score (nSPS) is 23.2. The van der Waals surface area contributed by atoms with E-state index in [9.17, 15) is 0 Å². The van der Waals surface area contributed by atoms with Crippen LogP contribution in [0.15, 0.2) is 24.3 Å². The van der Waals surface area contributed by atoms with Crippen molar-refractivity contribution in [3.8, 4) is 0 Å². The number of benzene rings is 1. The summed E-state index contributed by atoms with van der Waals surface area (Å²) < 4.78 is 5.87. The third-order valence-electron chi connectivity index (χ3n) is 4.85. The lowest BCUT2D eigenvalue weighted by atomic mass is 9.93. The number of fused-ring (bicyclic) bond motifs is 1. The number of nitrogens with one attached hydrogen (secondary N) is 1. The van der Waals surface area contributed by atoms with E-state index in [-0.39, 0.29) is 0 Å². The van der Waals surface area contributed by atoms with Crippen molar-refractivity contribution in [2.75, 3.05) is 32.8 Å². The van der Waals surface area contributed by atoms with E-state index in [0.29, 0.717) is 6.04 Å². The molecular formula is C18H28N2O. The van der Waals surface area contributed by atoms with Crippen LogP contribution in [0.1, 0.15) is 43.4 Å². The Hall–Kier alpha value is -0.900. The number of nitrogens with zero attached hydrogens (tertiary/aromatic N) is 1. The largest absolute Gasteiger partial charge is 0.375 e. The SMILES string of the molecule is CCCN(CC1CCNCC1)C1COCc2ccccc21. The van der Waals surface area contributed by atoms with Gasteiger partial charge in [-0.2, -0.15) is 0 Å². The van der Waals surface area contributed by atoms with Gasteiger partial charge in [-0.1, -0.05) is 31.2 Å². The summed E-state index contributed by atoms with van der Waals surface area (Å²) in [4.78, 5) is 2.67. The fourth-order valence-corrected chi connectivity index (χ4v) is 3.72. The maximum absolute atomic E-state index is 5.87. The summed E-state index contributed by atoms with van der Waals surface area (Å²) in [5.74, 6) is 0.840. The molecule has 1 atom stereocenters. The molecule has 1 fully saturated rings. The van der Waals surface area contributed by atoms with E-state index in [1.54, 1.807) is 0 Å². The van der Waals surface area contributed by atoms with Crippen molar-refractivity contribution in [3.63, 3.8) is 0 Å². The highest BCUT2D eigenvalue weighted by Gasteiger charge is 2.28. The molecule has 1 unspecified atom stereocenters. The highest BCUT2D eigenvalue weighted by molar-refractivity contribution is 5.31. The topological polar surface area (TPSA) is 24.5 Å². The minimum Gasteiger partial charge on any atom is -0.375 e. The lowest BCUT2D eigenvalue weighted by Crippen LogP contribution is -2.41. The minimum absolute atomic E-state index is 0.449. The molecule has 1 aromatic carbocycles. The van der Waals surface area contributed by atoms with Crippen LogP contribution in [0.3, 0.4) is 0 Å². The molecule has 0 aliphatic carbocycles. The molecule has 3 heteroatoms. The van der Waals surface area contributed by atoms with Gasteiger partial charge in [0.25, 0.3) is 0 Å². The highest BCUT2D eigenvalue weighted by Crippen LogP contribution is 2.31. The Bertz CT molecular complexity index is 443. The first kappa shape index (κ1) is 15.0. The number of hydrogen-bond donors (Lipinski definition) is 1. The summed E-state index contributed by atoms with van der Waals surface area (Å²) in [5.41, 5.74) is 2.87. The molecule has 2 aliphatic rings. The van der Waals surface area contributed by atoms with Gasteiger partial charge in [-0.15, -0.1) is 0 Å². The smallest absolute Gasteiger partial charge is 0.0721 e. The molecule has 2 aliphatic heterocycles. The van der Waals surface area contributed by atoms with Crippen molar-refractivity contribution < 1.29 is 4.74 Å². The molecule has 0 amide bonds. The van der Waals surface area contributed by atoms with Crippen LogP contribution in [0.4, 0.5) is 0 Å². The van der Waals surface area contributed by atoms with E-state index in [0.717, 1.165) is 19.1 Å². The van der Waals surface area contributed by atoms with Crippen LogP contribution >= 0.6 is 0 Å². The molecule has 1 aromatic rings. The molecule has 0 bridgehead atoms. The molecule has 0 radical (unpaired) electrons. The monoisotopic (exact) mass is 288 g/mol. The van der Waals surface area contributed by atoms with Crippen molar-refractivity contribution >= 4 is 0 Å². The Labute approximate surface area is 128 Å². The molecule has 21 heavy (non-hydrogen) atoms. The quantitative estimate of drug-likeness (QED) is 0.901. The number of ether oxygens (including phenoxy) is 1. The molecule has 3 nitrogen and oxygen atoms in total. The van der Waals surface area contributed by atoms with Gasteiger partial charge < -0.3 is 10.1 Å². The number of rotatable bonds is 5. The number of piperidine rings is 1. The van der Waals surface area contributed by atoms with E-state index < -0.39 is 0 Å². The maximum atomic E-state index is 5.87. The van der Waals surface area contributed by atoms with Crippen LogP contribution in [-0.4, -0.2) is 37.7 Å². The third kappa shape index (κ3) is 3.65. The van der Waals surface area contributed by atoms with Crippen LogP contribution in [0.5, 0.6) is 0 Å². The van der Waals surface area contributed by atoms with Crippen molar-refractivity contribution in [3.05, 3.63) is 35.4 Å². The van der Waals surface area contributed by atoms with Gasteiger partial charge in [0.05, 0.1) is 19.3 Å². The average Bonchev–Trinajstić information content (AvgIpc) is 2.55. The summed E-state index contributed by atoms with van der Waals surface area (Å²) >= 11 is 0. The second kappa shape index (κ2) is 7.39. The first-order valence-corrected chi connectivity index (χ1v) is 8.48. The second-order valence-electron chi connectivity index (χ2n) is 6.42. The highest BCUT2D eigenvalue weighted by atomic mass is 16.5. The minimum atomic E-state index is 0.449. The Morgan fingerprint density at radius 1 is 1.24 bits per heavy atom. The standard InChI is InChI=1S/C18H28N2O/c1-2-11-20(12-15-7-9-19-10-8-15)18-14-21-13-16-5-3-4-6-17(16)18/h3-6,15,18-19H,2,7-14H2,1H3. The molecular weight excluding hydrogens is 260 g/mol. The molecule has 1 saturated heterocycles. The Morgan fingerprint density at radius 2 is 2.05 bits per heavy atom. The first-order chi connectivity index (χ1) is 10.4. The molecule has 116 valence electrons. The predicted molar refractivity (Wildman–Crippen MR) is 86.3 cm³/mol. The lowest BCUT2D eigenvalue weighted by Gasteiger charge is -2.38. The molecule has 2 heterocycles. The molecule has 1 N–H and O–H groups in total. The Kier molecular flexibility index (Phi) is 5.28. The van der Waals surface area contributed by atoms with Gasteiger partial charge in [-0.25, -0.2) is 0 Å². The third-order valence-corrected chi connectivity index (χ3v) is 4.85. The van der Waals surface area contributed by atoms with Gasteiger partial charge in [0, 0.05) is 6.54 Å². The van der Waals surface area contributed by atoms with Crippen molar-refractivity contribution in [1.29, 1.82) is 0 Å². The fraction of sp³-hybridized carbons (Fsp3) is 0.667. The summed E-state index contributed by atoms with van der Waals surface area (Å²) in [5, 5.41) is 3.47. The summed E-state index contributed by atoms with van der Waals surface area (Å²) in [6.07, 6.45) is 3.84. The van der Waals surface area contributed by atoms with Crippen LogP contribution < -0.4 is 5.32 Å². The van der Waals surface area contributed by atoms with Gasteiger partial charge in [0.2, 0.25) is 0 Å². The van der Waals surface area contributed by atoms with Crippen molar-refractivity contribution in [2.24, 2.45) is 5.92 Å². The van der Waals surface area contributed by atoms with Gasteiger partial charge in [0.1, 0.15) is 0 Å². The van der Waals surface area contributed by atoms with E-state index in [4.69, 9.17) is 4.74 Å². The van der Waals surface area contributed by atoms with E-state index in [1.165, 1.54) is 56.6 Å². The Morgan fingerprint density at radius 3 is 2.86 bits per heavy atom. The lowest BCUT2D eigenvalue weighted by molar-refractivity contribution is 0.0238. The first-order valence-electron chi connectivity index (χ1n) is 8.48. The van der Waals surface area contributed by atoms with Crippen molar-refractivity contribution in [2.45, 2.75) is 38.8 Å². The van der Waals surface area contributed by atoms with E-state index in [1.807, 2.05) is 0 Å². The van der Waals surface area contributed by atoms with Crippen molar-refractivity contribution in [1.82, 2.24) is 10.2 Å². The summed E-state index contributed by atoms with van der Waals surface area (Å²) in [6.45, 7) is 8.67. The van der Waals surface area contributed by atoms with Crippen LogP contribution in [0, 0.1) is 5.92 Å². The van der Waals surface area contributed by atoms with E-state index in [2.05, 4.69) is 41.4 Å². The van der Waals surface area contributed by atoms with Gasteiger partial charge in [-0.3, -0.25) is 4.90 Å². The van der Waals surface area contributed by atoms with Crippen LogP contribution in [-0.2, 0) is 11.3 Å². The second-order valence-corrected chi connectivity index (χ2v) is 6.42. The van der Waals surface area contributed by atoms with Crippen LogP contribution in [0.25, 0.3) is 0 Å². The van der Waals surface area contributed by atoms with E-state index >= 15 is 0 Å². The zero-order valence-electron chi connectivity index (χ0n) is 13.2. The summed E-state index contributed by atoms with van der Waals surface area (Å²) in [6, 6.07) is 9.27. The van der Waals surface area contributed by atoms with Crippen LogP contribution in [0.2, 0.25) is 0 Å². The zero-order chi connectivity index (χ0) is 14.5. The predicted octanol–water partition coefficient (Wildman–Crippen LogP) is 2.97. The molecule has 3 rings (SSSR count). The molecule has 0 spiro atoms. The number of hydrogen-bond acceptors (Lipinski definition) is 3. The van der Waals surface area contributed by atoms with Gasteiger partial charge in [0.15, 0.2) is 0 Å². The molecule has 0 aromatic heterocycles. The fourth-order valence-electron chi connectivity index (χ4n) is 3.72. The molecule has 0 saturated carbocycles. The average molecular weight is 288 g/mol. The van der Waals surface area contributed by atoms with Gasteiger partial charge >= 0.3 is 0 Å².